The maximum absolute atomic E-state index is 12.4. The van der Waals surface area contributed by atoms with Gasteiger partial charge in [-0.05, 0) is 35.6 Å². The third-order valence-corrected chi connectivity index (χ3v) is 6.38. The van der Waals surface area contributed by atoms with E-state index >= 15 is 0 Å². The molecule has 2 aromatic carbocycles. The van der Waals surface area contributed by atoms with Crippen molar-refractivity contribution in [1.29, 1.82) is 0 Å². The maximum Gasteiger partial charge on any atom is 0.407 e. The summed E-state index contributed by atoms with van der Waals surface area (Å²) >= 11 is 0. The first-order chi connectivity index (χ1) is 17.0. The van der Waals surface area contributed by atoms with Gasteiger partial charge in [0, 0.05) is 25.1 Å². The Bertz CT molecular complexity index is 1070. The van der Waals surface area contributed by atoms with Crippen molar-refractivity contribution >= 4 is 18.0 Å². The van der Waals surface area contributed by atoms with Crippen LogP contribution in [-0.2, 0) is 19.1 Å². The molecule has 35 heavy (non-hydrogen) atoms. The number of alkyl carbamates (subject to hydrolysis) is 1. The van der Waals surface area contributed by atoms with E-state index in [1.54, 1.807) is 12.2 Å². The standard InChI is InChI=1S/C27H30N2O6/c1-2-34-19(14-25(30)29-18-12-11-17(13-18)26(31)32)15-28-27(33)35-16-24-22-9-5-3-7-20(22)21-8-4-6-10-23(21)24/h3-12,17-19,24H,2,13-16H2,1H3,(H,28,33)(H,29,30)(H,31,32). The molecule has 2 aromatic rings. The van der Waals surface area contributed by atoms with Gasteiger partial charge in [0.05, 0.1) is 18.4 Å². The monoisotopic (exact) mass is 478 g/mol. The van der Waals surface area contributed by atoms with Crippen LogP contribution in [0.1, 0.15) is 36.8 Å². The van der Waals surface area contributed by atoms with E-state index in [1.165, 1.54) is 0 Å². The second-order valence-corrected chi connectivity index (χ2v) is 8.73. The van der Waals surface area contributed by atoms with Gasteiger partial charge >= 0.3 is 12.1 Å². The normalized spacial score (nSPS) is 19.0. The van der Waals surface area contributed by atoms with Gasteiger partial charge < -0.3 is 25.2 Å². The lowest BCUT2D eigenvalue weighted by Gasteiger charge is -2.19. The highest BCUT2D eigenvalue weighted by molar-refractivity contribution is 5.79. The number of carboxylic acid groups (broad SMARTS) is 1. The topological polar surface area (TPSA) is 114 Å². The van der Waals surface area contributed by atoms with Crippen LogP contribution >= 0.6 is 0 Å². The van der Waals surface area contributed by atoms with E-state index in [9.17, 15) is 14.4 Å². The van der Waals surface area contributed by atoms with E-state index < -0.39 is 24.1 Å². The first kappa shape index (κ1) is 24.5. The molecule has 0 radical (unpaired) electrons. The molecular formula is C27H30N2O6. The lowest BCUT2D eigenvalue weighted by Crippen LogP contribution is -2.40. The molecule has 2 aliphatic carbocycles. The first-order valence-corrected chi connectivity index (χ1v) is 11.9. The van der Waals surface area contributed by atoms with E-state index in [-0.39, 0.29) is 37.4 Å². The fraction of sp³-hybridized carbons (Fsp3) is 0.370. The van der Waals surface area contributed by atoms with Crippen LogP contribution < -0.4 is 10.6 Å². The number of rotatable bonds is 10. The highest BCUT2D eigenvalue weighted by atomic mass is 16.5. The summed E-state index contributed by atoms with van der Waals surface area (Å²) in [5.41, 5.74) is 4.59. The minimum Gasteiger partial charge on any atom is -0.481 e. The van der Waals surface area contributed by atoms with Crippen molar-refractivity contribution in [2.24, 2.45) is 5.92 Å². The number of fused-ring (bicyclic) bond motifs is 3. The predicted molar refractivity (Wildman–Crippen MR) is 130 cm³/mol. The number of carbonyl (C=O) groups excluding carboxylic acids is 2. The number of carboxylic acids is 1. The zero-order valence-corrected chi connectivity index (χ0v) is 19.6. The molecule has 0 aromatic heterocycles. The number of aliphatic carboxylic acids is 1. The minimum atomic E-state index is -0.905. The van der Waals surface area contributed by atoms with Gasteiger partial charge in [-0.3, -0.25) is 9.59 Å². The van der Waals surface area contributed by atoms with Crippen molar-refractivity contribution in [2.45, 2.75) is 37.8 Å². The van der Waals surface area contributed by atoms with Gasteiger partial charge in [0.2, 0.25) is 5.91 Å². The fourth-order valence-electron chi connectivity index (χ4n) is 4.73. The number of nitrogens with one attached hydrogen (secondary N) is 2. The second-order valence-electron chi connectivity index (χ2n) is 8.73. The quantitative estimate of drug-likeness (QED) is 0.451. The van der Waals surface area contributed by atoms with Crippen molar-refractivity contribution in [2.75, 3.05) is 19.8 Å². The summed E-state index contributed by atoms with van der Waals surface area (Å²) in [6.45, 7) is 2.53. The van der Waals surface area contributed by atoms with Crippen LogP contribution in [0.3, 0.4) is 0 Å². The number of amides is 2. The van der Waals surface area contributed by atoms with E-state index in [0.717, 1.165) is 22.3 Å². The van der Waals surface area contributed by atoms with Crippen LogP contribution in [0.15, 0.2) is 60.7 Å². The fourth-order valence-corrected chi connectivity index (χ4v) is 4.73. The van der Waals surface area contributed by atoms with E-state index in [0.29, 0.717) is 13.0 Å². The van der Waals surface area contributed by atoms with Crippen LogP contribution in [0, 0.1) is 5.92 Å². The Kier molecular flexibility index (Phi) is 7.82. The predicted octanol–water partition coefficient (Wildman–Crippen LogP) is 3.47. The summed E-state index contributed by atoms with van der Waals surface area (Å²) in [5, 5.41) is 14.6. The van der Waals surface area contributed by atoms with Crippen molar-refractivity contribution in [3.05, 3.63) is 71.8 Å². The van der Waals surface area contributed by atoms with Gasteiger partial charge in [-0.1, -0.05) is 60.7 Å². The molecule has 4 rings (SSSR count). The van der Waals surface area contributed by atoms with Gasteiger partial charge in [-0.2, -0.15) is 0 Å². The van der Waals surface area contributed by atoms with Gasteiger partial charge in [0.15, 0.2) is 0 Å². The summed E-state index contributed by atoms with van der Waals surface area (Å²) in [7, 11) is 0. The molecule has 184 valence electrons. The van der Waals surface area contributed by atoms with Crippen LogP contribution in [0.4, 0.5) is 4.79 Å². The summed E-state index contributed by atoms with van der Waals surface area (Å²) < 4.78 is 11.2. The second kappa shape index (κ2) is 11.2. The molecule has 0 fully saturated rings. The molecule has 0 saturated carbocycles. The van der Waals surface area contributed by atoms with Crippen molar-refractivity contribution in [1.82, 2.24) is 10.6 Å². The Morgan fingerprint density at radius 1 is 1.03 bits per heavy atom. The molecule has 3 atom stereocenters. The van der Waals surface area contributed by atoms with E-state index in [2.05, 4.69) is 34.9 Å². The Morgan fingerprint density at radius 2 is 1.69 bits per heavy atom. The minimum absolute atomic E-state index is 0.0317. The third kappa shape index (κ3) is 5.89. The molecule has 2 aliphatic rings. The molecule has 0 saturated heterocycles. The average molecular weight is 479 g/mol. The van der Waals surface area contributed by atoms with Crippen LogP contribution in [0.2, 0.25) is 0 Å². The van der Waals surface area contributed by atoms with Crippen molar-refractivity contribution in [3.63, 3.8) is 0 Å². The van der Waals surface area contributed by atoms with Gasteiger partial charge in [0.1, 0.15) is 6.61 Å². The number of carbonyl (C=O) groups is 3. The van der Waals surface area contributed by atoms with Crippen LogP contribution in [0.5, 0.6) is 0 Å². The Balaban J connectivity index is 1.26. The zero-order valence-electron chi connectivity index (χ0n) is 19.6. The molecule has 0 heterocycles. The number of hydrogen-bond acceptors (Lipinski definition) is 5. The van der Waals surface area contributed by atoms with Crippen LogP contribution in [0.25, 0.3) is 11.1 Å². The molecule has 3 N–H and O–H groups in total. The highest BCUT2D eigenvalue weighted by Crippen LogP contribution is 2.44. The molecule has 0 spiro atoms. The van der Waals surface area contributed by atoms with Gasteiger partial charge in [0.25, 0.3) is 0 Å². The lowest BCUT2D eigenvalue weighted by molar-refractivity contribution is -0.140. The lowest BCUT2D eigenvalue weighted by atomic mass is 9.98. The van der Waals surface area contributed by atoms with E-state index in [1.807, 2.05) is 31.2 Å². The molecule has 0 aliphatic heterocycles. The highest BCUT2D eigenvalue weighted by Gasteiger charge is 2.29. The molecule has 3 unspecified atom stereocenters. The molecule has 8 nitrogen and oxygen atoms in total. The molecule has 8 heteroatoms. The number of hydrogen-bond donors (Lipinski definition) is 3. The number of ether oxygens (including phenoxy) is 2. The Labute approximate surface area is 204 Å². The SMILES string of the molecule is CCOC(CNC(=O)OCC1c2ccccc2-c2ccccc21)CC(=O)NC1C=CC(C(=O)O)C1. The van der Waals surface area contributed by atoms with Gasteiger partial charge in [-0.25, -0.2) is 4.79 Å². The van der Waals surface area contributed by atoms with E-state index in [4.69, 9.17) is 14.6 Å². The Hall–Kier alpha value is -3.65. The summed E-state index contributed by atoms with van der Waals surface area (Å²) in [6.07, 6.45) is 2.56. The molecule has 2 amide bonds. The largest absolute Gasteiger partial charge is 0.481 e. The summed E-state index contributed by atoms with van der Waals surface area (Å²) in [6, 6.07) is 15.9. The van der Waals surface area contributed by atoms with Gasteiger partial charge in [-0.15, -0.1) is 0 Å². The number of benzene rings is 2. The first-order valence-electron chi connectivity index (χ1n) is 11.9. The maximum atomic E-state index is 12.4. The summed E-state index contributed by atoms with van der Waals surface area (Å²) in [4.78, 5) is 35.9. The average Bonchev–Trinajstić information content (AvgIpc) is 3.44. The molecular weight excluding hydrogens is 448 g/mol. The van der Waals surface area contributed by atoms with Crippen molar-refractivity contribution in [3.8, 4) is 11.1 Å². The van der Waals surface area contributed by atoms with Crippen molar-refractivity contribution < 1.29 is 29.0 Å². The summed E-state index contributed by atoms with van der Waals surface area (Å²) in [5.74, 6) is -1.79. The molecule has 0 bridgehead atoms. The third-order valence-electron chi connectivity index (χ3n) is 6.38. The smallest absolute Gasteiger partial charge is 0.407 e. The zero-order chi connectivity index (χ0) is 24.8. The van der Waals surface area contributed by atoms with Crippen LogP contribution in [-0.4, -0.2) is 55.0 Å². The Morgan fingerprint density at radius 3 is 2.29 bits per heavy atom.